The topological polar surface area (TPSA) is 69.6 Å². The Bertz CT molecular complexity index is 476. The molecule has 5 nitrogen and oxygen atoms in total. The van der Waals surface area contributed by atoms with Crippen LogP contribution in [0.15, 0.2) is 24.3 Å². The van der Waals surface area contributed by atoms with E-state index >= 15 is 0 Å². The quantitative estimate of drug-likeness (QED) is 0.826. The first kappa shape index (κ1) is 12.3. The lowest BCUT2D eigenvalue weighted by Crippen LogP contribution is -2.55. The minimum atomic E-state index is -0.990. The predicted octanol–water partition coefficient (Wildman–Crippen LogP) is 0.605. The number of aliphatic carboxylic acids is 1. The Morgan fingerprint density at radius 3 is 2.89 bits per heavy atom. The Morgan fingerprint density at radius 1 is 1.50 bits per heavy atom. The molecule has 1 aliphatic rings. The number of hydrogen-bond donors (Lipinski definition) is 2. The van der Waals surface area contributed by atoms with Crippen LogP contribution in [0.3, 0.4) is 0 Å². The van der Waals surface area contributed by atoms with Gasteiger partial charge in [0.1, 0.15) is 5.82 Å². The Morgan fingerprint density at radius 2 is 2.22 bits per heavy atom. The van der Waals surface area contributed by atoms with Crippen LogP contribution < -0.4 is 10.2 Å². The van der Waals surface area contributed by atoms with Crippen LogP contribution in [0.1, 0.15) is 6.42 Å². The van der Waals surface area contributed by atoms with E-state index in [-0.39, 0.29) is 18.9 Å². The highest BCUT2D eigenvalue weighted by Crippen LogP contribution is 2.20. The van der Waals surface area contributed by atoms with Gasteiger partial charge >= 0.3 is 5.97 Å². The molecule has 1 amide bonds. The summed E-state index contributed by atoms with van der Waals surface area (Å²) in [5.41, 5.74) is 0.322. The average molecular weight is 252 g/mol. The number of carboxylic acid groups (broad SMARTS) is 1. The second kappa shape index (κ2) is 5.03. The van der Waals surface area contributed by atoms with Gasteiger partial charge in [0.05, 0.1) is 24.7 Å². The molecule has 1 aromatic carbocycles. The number of carbonyl (C=O) groups is 2. The van der Waals surface area contributed by atoms with Crippen LogP contribution in [0.5, 0.6) is 0 Å². The maximum atomic E-state index is 13.6. The van der Waals surface area contributed by atoms with Crippen molar-refractivity contribution in [1.29, 1.82) is 0 Å². The van der Waals surface area contributed by atoms with Gasteiger partial charge in [-0.1, -0.05) is 12.1 Å². The molecule has 0 spiro atoms. The fraction of sp³-hybridized carbons (Fsp3) is 0.333. The van der Waals surface area contributed by atoms with Gasteiger partial charge in [0, 0.05) is 6.54 Å². The van der Waals surface area contributed by atoms with Gasteiger partial charge in [-0.25, -0.2) is 4.39 Å². The van der Waals surface area contributed by atoms with E-state index in [2.05, 4.69) is 5.32 Å². The number of halogens is 1. The first-order valence-corrected chi connectivity index (χ1v) is 5.57. The fourth-order valence-electron chi connectivity index (χ4n) is 2.04. The van der Waals surface area contributed by atoms with Crippen LogP contribution in [-0.2, 0) is 9.59 Å². The molecule has 1 aromatic rings. The number of anilines is 1. The predicted molar refractivity (Wildman–Crippen MR) is 62.8 cm³/mol. The maximum absolute atomic E-state index is 13.6. The second-order valence-electron chi connectivity index (χ2n) is 4.19. The Hall–Kier alpha value is -2.11. The minimum Gasteiger partial charge on any atom is -0.481 e. The lowest BCUT2D eigenvalue weighted by molar-refractivity contribution is -0.137. The number of amides is 1. The molecule has 1 fully saturated rings. The number of nitrogens with zero attached hydrogens (tertiary/aromatic N) is 1. The van der Waals surface area contributed by atoms with Gasteiger partial charge in [0.25, 0.3) is 0 Å². The average Bonchev–Trinajstić information content (AvgIpc) is 2.27. The lowest BCUT2D eigenvalue weighted by Gasteiger charge is -2.34. The summed E-state index contributed by atoms with van der Waals surface area (Å²) in [4.78, 5) is 23.7. The number of piperazine rings is 1. The highest BCUT2D eigenvalue weighted by molar-refractivity contribution is 5.84. The zero-order valence-corrected chi connectivity index (χ0v) is 9.60. The summed E-state index contributed by atoms with van der Waals surface area (Å²) in [7, 11) is 0. The summed E-state index contributed by atoms with van der Waals surface area (Å²) < 4.78 is 13.6. The molecule has 0 bridgehead atoms. The molecule has 1 aliphatic heterocycles. The number of carbonyl (C=O) groups excluding carboxylic acids is 1. The Kier molecular flexibility index (Phi) is 3.45. The summed E-state index contributed by atoms with van der Waals surface area (Å²) in [6.45, 7) is 0.329. The zero-order valence-electron chi connectivity index (χ0n) is 9.60. The zero-order chi connectivity index (χ0) is 13.1. The molecule has 0 saturated carbocycles. The highest BCUT2D eigenvalue weighted by atomic mass is 19.1. The van der Waals surface area contributed by atoms with Gasteiger partial charge in [-0.05, 0) is 12.1 Å². The van der Waals surface area contributed by atoms with Gasteiger partial charge in [0.2, 0.25) is 5.91 Å². The molecular weight excluding hydrogens is 239 g/mol. The van der Waals surface area contributed by atoms with E-state index in [0.717, 1.165) is 0 Å². The van der Waals surface area contributed by atoms with Crippen LogP contribution in [0.4, 0.5) is 10.1 Å². The second-order valence-corrected chi connectivity index (χ2v) is 4.19. The molecule has 0 aliphatic carbocycles. The van der Waals surface area contributed by atoms with Crippen LogP contribution >= 0.6 is 0 Å². The van der Waals surface area contributed by atoms with E-state index in [4.69, 9.17) is 5.11 Å². The summed E-state index contributed by atoms with van der Waals surface area (Å²) >= 11 is 0. The third-order valence-electron chi connectivity index (χ3n) is 2.75. The number of carboxylic acids is 1. The fourth-order valence-corrected chi connectivity index (χ4v) is 2.04. The number of benzene rings is 1. The molecule has 1 unspecified atom stereocenters. The molecule has 0 aromatic heterocycles. The Labute approximate surface area is 103 Å². The third kappa shape index (κ3) is 2.77. The number of hydrogen-bond acceptors (Lipinski definition) is 3. The molecule has 2 N–H and O–H groups in total. The van der Waals surface area contributed by atoms with Crippen molar-refractivity contribution in [2.45, 2.75) is 12.5 Å². The lowest BCUT2D eigenvalue weighted by atomic mass is 10.1. The molecule has 1 heterocycles. The van der Waals surface area contributed by atoms with Crippen molar-refractivity contribution in [2.24, 2.45) is 0 Å². The molecule has 6 heteroatoms. The van der Waals surface area contributed by atoms with Crippen molar-refractivity contribution in [2.75, 3.05) is 18.0 Å². The molecule has 0 radical (unpaired) electrons. The van der Waals surface area contributed by atoms with E-state index in [0.29, 0.717) is 12.2 Å². The van der Waals surface area contributed by atoms with Crippen molar-refractivity contribution < 1.29 is 19.1 Å². The van der Waals surface area contributed by atoms with Crippen molar-refractivity contribution in [3.05, 3.63) is 30.1 Å². The summed E-state index contributed by atoms with van der Waals surface area (Å²) in [5, 5.41) is 11.3. The van der Waals surface area contributed by atoms with Gasteiger partial charge < -0.3 is 15.3 Å². The van der Waals surface area contributed by atoms with Crippen molar-refractivity contribution >= 4 is 17.6 Å². The summed E-state index contributed by atoms with van der Waals surface area (Å²) in [6, 6.07) is 5.64. The van der Waals surface area contributed by atoms with E-state index in [1.165, 1.54) is 6.07 Å². The van der Waals surface area contributed by atoms with E-state index in [1.54, 1.807) is 23.1 Å². The van der Waals surface area contributed by atoms with Gasteiger partial charge in [0.15, 0.2) is 0 Å². The first-order chi connectivity index (χ1) is 8.56. The van der Waals surface area contributed by atoms with Crippen LogP contribution in [0.25, 0.3) is 0 Å². The van der Waals surface area contributed by atoms with Gasteiger partial charge in [-0.15, -0.1) is 0 Å². The smallest absolute Gasteiger partial charge is 0.305 e. The molecular formula is C12H13FN2O3. The summed E-state index contributed by atoms with van der Waals surface area (Å²) in [6.07, 6.45) is -0.170. The van der Waals surface area contributed by atoms with Gasteiger partial charge in [-0.2, -0.15) is 0 Å². The first-order valence-electron chi connectivity index (χ1n) is 5.57. The monoisotopic (exact) mass is 252 g/mol. The standard InChI is InChI=1S/C12H13FN2O3/c13-9-3-1-2-4-10(9)15-6-8(5-12(17)18)14-11(16)7-15/h1-4,8H,5-7H2,(H,14,16)(H,17,18). The van der Waals surface area contributed by atoms with Crippen molar-refractivity contribution in [1.82, 2.24) is 5.32 Å². The molecule has 1 atom stereocenters. The van der Waals surface area contributed by atoms with Crippen molar-refractivity contribution in [3.63, 3.8) is 0 Å². The molecule has 18 heavy (non-hydrogen) atoms. The Balaban J connectivity index is 2.16. The van der Waals surface area contributed by atoms with Crippen LogP contribution in [-0.4, -0.2) is 36.1 Å². The number of rotatable bonds is 3. The van der Waals surface area contributed by atoms with E-state index < -0.39 is 17.8 Å². The number of para-hydroxylation sites is 1. The van der Waals surface area contributed by atoms with Gasteiger partial charge in [-0.3, -0.25) is 9.59 Å². The highest BCUT2D eigenvalue weighted by Gasteiger charge is 2.27. The van der Waals surface area contributed by atoms with Crippen LogP contribution in [0, 0.1) is 5.82 Å². The van der Waals surface area contributed by atoms with E-state index in [9.17, 15) is 14.0 Å². The molecule has 2 rings (SSSR count). The third-order valence-corrected chi connectivity index (χ3v) is 2.75. The van der Waals surface area contributed by atoms with Crippen molar-refractivity contribution in [3.8, 4) is 0 Å². The largest absolute Gasteiger partial charge is 0.481 e. The SMILES string of the molecule is O=C(O)CC1CN(c2ccccc2F)CC(=O)N1. The molecule has 1 saturated heterocycles. The minimum absolute atomic E-state index is 0.0387. The van der Waals surface area contributed by atoms with Crippen LogP contribution in [0.2, 0.25) is 0 Å². The normalized spacial score (nSPS) is 19.5. The van der Waals surface area contributed by atoms with E-state index in [1.807, 2.05) is 0 Å². The summed E-state index contributed by atoms with van der Waals surface area (Å²) in [5.74, 6) is -1.70. The molecule has 96 valence electrons. The maximum Gasteiger partial charge on any atom is 0.305 e. The number of nitrogens with one attached hydrogen (secondary N) is 1.